The average molecular weight is 362 g/mol. The first-order valence-electron chi connectivity index (χ1n) is 7.04. The normalized spacial score (nSPS) is 11.3. The van der Waals surface area contributed by atoms with Crippen LogP contribution in [0.2, 0.25) is 5.02 Å². The lowest BCUT2D eigenvalue weighted by atomic mass is 10.2. The first kappa shape index (κ1) is 19.4. The van der Waals surface area contributed by atoms with Gasteiger partial charge in [-0.3, -0.25) is 9.59 Å². The summed E-state index contributed by atoms with van der Waals surface area (Å²) in [5.74, 6) is -0.968. The van der Waals surface area contributed by atoms with Crippen molar-refractivity contribution in [2.75, 3.05) is 13.1 Å². The second-order valence-electron chi connectivity index (χ2n) is 5.05. The number of hydrogen-bond donors (Lipinski definition) is 3. The lowest BCUT2D eigenvalue weighted by molar-refractivity contribution is -0.120. The molecule has 1 rings (SSSR count). The van der Waals surface area contributed by atoms with E-state index >= 15 is 0 Å². The molecule has 7 nitrogen and oxygen atoms in total. The number of sulfonamides is 1. The van der Waals surface area contributed by atoms with E-state index in [-0.39, 0.29) is 34.0 Å². The molecule has 0 unspecified atom stereocenters. The Morgan fingerprint density at radius 2 is 1.87 bits per heavy atom. The third-order valence-electron chi connectivity index (χ3n) is 2.67. The van der Waals surface area contributed by atoms with Crippen LogP contribution in [0.25, 0.3) is 0 Å². The highest BCUT2D eigenvalue weighted by Gasteiger charge is 2.19. The second-order valence-corrected chi connectivity index (χ2v) is 7.18. The van der Waals surface area contributed by atoms with Gasteiger partial charge in [-0.15, -0.1) is 0 Å². The molecule has 0 aliphatic rings. The lowest BCUT2D eigenvalue weighted by Gasteiger charge is -2.12. The van der Waals surface area contributed by atoms with Gasteiger partial charge in [0.05, 0.1) is 22.0 Å². The SMILES string of the molecule is CCNC(=O)CNC(=O)c1cc(S(=O)(=O)NC(C)C)ccc1Cl. The molecule has 0 aliphatic carbocycles. The molecule has 3 N–H and O–H groups in total. The summed E-state index contributed by atoms with van der Waals surface area (Å²) in [5, 5.41) is 5.02. The highest BCUT2D eigenvalue weighted by Crippen LogP contribution is 2.20. The van der Waals surface area contributed by atoms with Gasteiger partial charge >= 0.3 is 0 Å². The molecule has 1 aromatic rings. The van der Waals surface area contributed by atoms with Crippen LogP contribution in [0.4, 0.5) is 0 Å². The van der Waals surface area contributed by atoms with Gasteiger partial charge in [-0.25, -0.2) is 13.1 Å². The molecule has 0 atom stereocenters. The Labute approximate surface area is 140 Å². The fourth-order valence-corrected chi connectivity index (χ4v) is 3.22. The molecular weight excluding hydrogens is 342 g/mol. The predicted octanol–water partition coefficient (Wildman–Crippen LogP) is 0.893. The molecule has 0 fully saturated rings. The number of carbonyl (C=O) groups is 2. The van der Waals surface area contributed by atoms with Crippen molar-refractivity contribution < 1.29 is 18.0 Å². The van der Waals surface area contributed by atoms with Crippen LogP contribution in [-0.2, 0) is 14.8 Å². The molecule has 1 aromatic carbocycles. The van der Waals surface area contributed by atoms with Crippen molar-refractivity contribution >= 4 is 33.4 Å². The Bertz CT molecular complexity index is 689. The van der Waals surface area contributed by atoms with Gasteiger partial charge in [-0.2, -0.15) is 0 Å². The third kappa shape index (κ3) is 5.81. The minimum Gasteiger partial charge on any atom is -0.355 e. The number of hydrogen-bond acceptors (Lipinski definition) is 4. The van der Waals surface area contributed by atoms with E-state index in [4.69, 9.17) is 11.6 Å². The molecule has 0 bridgehead atoms. The van der Waals surface area contributed by atoms with Crippen LogP contribution >= 0.6 is 11.6 Å². The maximum atomic E-state index is 12.1. The Kier molecular flexibility index (Phi) is 6.99. The summed E-state index contributed by atoms with van der Waals surface area (Å²) in [7, 11) is -3.74. The number of halogens is 1. The average Bonchev–Trinajstić information content (AvgIpc) is 2.44. The summed E-state index contributed by atoms with van der Waals surface area (Å²) in [6, 6.07) is 3.54. The van der Waals surface area contributed by atoms with Gasteiger partial charge in [0.25, 0.3) is 5.91 Å². The van der Waals surface area contributed by atoms with Crippen LogP contribution in [0.3, 0.4) is 0 Å². The van der Waals surface area contributed by atoms with Crippen LogP contribution in [0, 0.1) is 0 Å². The molecule has 0 aromatic heterocycles. The van der Waals surface area contributed by atoms with Crippen molar-refractivity contribution in [2.24, 2.45) is 0 Å². The number of amides is 2. The summed E-state index contributed by atoms with van der Waals surface area (Å²) >= 11 is 5.95. The van der Waals surface area contributed by atoms with E-state index in [9.17, 15) is 18.0 Å². The van der Waals surface area contributed by atoms with Crippen molar-refractivity contribution in [2.45, 2.75) is 31.7 Å². The van der Waals surface area contributed by atoms with E-state index in [1.165, 1.54) is 18.2 Å². The van der Waals surface area contributed by atoms with Gasteiger partial charge in [0, 0.05) is 12.6 Å². The van der Waals surface area contributed by atoms with Crippen molar-refractivity contribution in [3.05, 3.63) is 28.8 Å². The topological polar surface area (TPSA) is 104 Å². The first-order valence-corrected chi connectivity index (χ1v) is 8.90. The van der Waals surface area contributed by atoms with E-state index in [0.717, 1.165) is 0 Å². The Balaban J connectivity index is 2.97. The summed E-state index contributed by atoms with van der Waals surface area (Å²) in [6.07, 6.45) is 0. The fourth-order valence-electron chi connectivity index (χ4n) is 1.74. The van der Waals surface area contributed by atoms with Crippen LogP contribution < -0.4 is 15.4 Å². The summed E-state index contributed by atoms with van der Waals surface area (Å²) in [5.41, 5.74) is -0.0115. The van der Waals surface area contributed by atoms with E-state index in [0.29, 0.717) is 6.54 Å². The molecule has 9 heteroatoms. The second kappa shape index (κ2) is 8.28. The lowest BCUT2D eigenvalue weighted by Crippen LogP contribution is -2.37. The van der Waals surface area contributed by atoms with Gasteiger partial charge in [-0.05, 0) is 39.0 Å². The van der Waals surface area contributed by atoms with Gasteiger partial charge in [-0.1, -0.05) is 11.6 Å². The summed E-state index contributed by atoms with van der Waals surface area (Å²) in [6.45, 7) is 5.36. The highest BCUT2D eigenvalue weighted by atomic mass is 35.5. The van der Waals surface area contributed by atoms with Crippen LogP contribution in [-0.4, -0.2) is 39.4 Å². The quantitative estimate of drug-likeness (QED) is 0.670. The van der Waals surface area contributed by atoms with Crippen LogP contribution in [0.5, 0.6) is 0 Å². The van der Waals surface area contributed by atoms with E-state index < -0.39 is 15.9 Å². The number of likely N-dealkylation sites (N-methyl/N-ethyl adjacent to an activating group) is 1. The Morgan fingerprint density at radius 1 is 1.22 bits per heavy atom. The largest absolute Gasteiger partial charge is 0.355 e. The highest BCUT2D eigenvalue weighted by molar-refractivity contribution is 7.89. The number of carbonyl (C=O) groups excluding carboxylic acids is 2. The predicted molar refractivity (Wildman–Crippen MR) is 87.9 cm³/mol. The van der Waals surface area contributed by atoms with Gasteiger partial charge < -0.3 is 10.6 Å². The number of nitrogens with one attached hydrogen (secondary N) is 3. The minimum atomic E-state index is -3.74. The smallest absolute Gasteiger partial charge is 0.253 e. The zero-order valence-corrected chi connectivity index (χ0v) is 14.7. The van der Waals surface area contributed by atoms with Crippen molar-refractivity contribution in [3.8, 4) is 0 Å². The molecule has 0 saturated heterocycles. The molecule has 0 radical (unpaired) electrons. The van der Waals surface area contributed by atoms with Gasteiger partial charge in [0.2, 0.25) is 15.9 Å². The molecule has 23 heavy (non-hydrogen) atoms. The Morgan fingerprint density at radius 3 is 2.43 bits per heavy atom. The molecular formula is C14H20ClN3O4S. The molecule has 0 spiro atoms. The van der Waals surface area contributed by atoms with Gasteiger partial charge in [0.1, 0.15) is 0 Å². The minimum absolute atomic E-state index is 0.0115. The maximum Gasteiger partial charge on any atom is 0.253 e. The van der Waals surface area contributed by atoms with Crippen LogP contribution in [0.1, 0.15) is 31.1 Å². The van der Waals surface area contributed by atoms with Crippen LogP contribution in [0.15, 0.2) is 23.1 Å². The molecule has 2 amide bonds. The van der Waals surface area contributed by atoms with Gasteiger partial charge in [0.15, 0.2) is 0 Å². The van der Waals surface area contributed by atoms with Crippen molar-refractivity contribution in [1.29, 1.82) is 0 Å². The summed E-state index contributed by atoms with van der Waals surface area (Å²) in [4.78, 5) is 23.4. The monoisotopic (exact) mass is 361 g/mol. The third-order valence-corrected chi connectivity index (χ3v) is 4.65. The zero-order chi connectivity index (χ0) is 17.6. The van der Waals surface area contributed by atoms with Crippen molar-refractivity contribution in [3.63, 3.8) is 0 Å². The standard InChI is InChI=1S/C14H20ClN3O4S/c1-4-16-13(19)8-17-14(20)11-7-10(5-6-12(11)15)23(21,22)18-9(2)3/h5-7,9,18H,4,8H2,1-3H3,(H,16,19)(H,17,20). The number of rotatable bonds is 7. The molecule has 0 saturated carbocycles. The van der Waals surface area contributed by atoms with Crippen molar-refractivity contribution in [1.82, 2.24) is 15.4 Å². The number of benzene rings is 1. The summed E-state index contributed by atoms with van der Waals surface area (Å²) < 4.78 is 26.7. The molecule has 0 aliphatic heterocycles. The Hall–Kier alpha value is -1.64. The maximum absolute atomic E-state index is 12.1. The van der Waals surface area contributed by atoms with E-state index in [1.54, 1.807) is 20.8 Å². The molecule has 128 valence electrons. The fraction of sp³-hybridized carbons (Fsp3) is 0.429. The van der Waals surface area contributed by atoms with E-state index in [1.807, 2.05) is 0 Å². The molecule has 0 heterocycles. The zero-order valence-electron chi connectivity index (χ0n) is 13.1. The van der Waals surface area contributed by atoms with E-state index in [2.05, 4.69) is 15.4 Å². The first-order chi connectivity index (χ1) is 10.7.